The van der Waals surface area contributed by atoms with Crippen LogP contribution >= 0.6 is 0 Å². The number of ketones is 1. The summed E-state index contributed by atoms with van der Waals surface area (Å²) in [6, 6.07) is 8.01. The van der Waals surface area contributed by atoms with Crippen LogP contribution in [0.4, 0.5) is 15.3 Å². The molecule has 7 heteroatoms. The largest absolute Gasteiger partial charge is 0.447 e. The van der Waals surface area contributed by atoms with Crippen LogP contribution < -0.4 is 4.90 Å². The minimum atomic E-state index is -0.364. The molecule has 4 rings (SSSR count). The highest BCUT2D eigenvalue weighted by Crippen LogP contribution is 2.59. The van der Waals surface area contributed by atoms with Gasteiger partial charge in [-0.2, -0.15) is 0 Å². The molecule has 0 radical (unpaired) electrons. The van der Waals surface area contributed by atoms with Gasteiger partial charge in [-0.15, -0.1) is 0 Å². The Kier molecular flexibility index (Phi) is 5.00. The van der Waals surface area contributed by atoms with Crippen molar-refractivity contribution < 1.29 is 23.9 Å². The van der Waals surface area contributed by atoms with E-state index < -0.39 is 0 Å². The number of ether oxygens (including phenoxy) is 2. The lowest BCUT2D eigenvalue weighted by Gasteiger charge is -2.22. The fraction of sp³-hybridized carbons (Fsp3) is 0.591. The molecule has 1 aromatic rings. The van der Waals surface area contributed by atoms with Crippen LogP contribution in [-0.2, 0) is 19.7 Å². The highest BCUT2D eigenvalue weighted by atomic mass is 16.6. The molecule has 2 unspecified atom stereocenters. The Morgan fingerprint density at radius 1 is 1.24 bits per heavy atom. The monoisotopic (exact) mass is 400 g/mol. The molecule has 1 aliphatic carbocycles. The maximum atomic E-state index is 12.2. The van der Waals surface area contributed by atoms with Crippen LogP contribution in [0.2, 0.25) is 0 Å². The topological polar surface area (TPSA) is 76.2 Å². The molecule has 2 heterocycles. The van der Waals surface area contributed by atoms with Gasteiger partial charge in [0.15, 0.2) is 0 Å². The number of rotatable bonds is 6. The van der Waals surface area contributed by atoms with E-state index in [1.807, 2.05) is 26.0 Å². The van der Waals surface area contributed by atoms with Crippen LogP contribution in [-0.4, -0.2) is 54.7 Å². The first-order chi connectivity index (χ1) is 13.8. The normalized spacial score (nSPS) is 27.8. The third-order valence-corrected chi connectivity index (χ3v) is 6.19. The molecule has 1 saturated carbocycles. The number of anilines is 1. The average Bonchev–Trinajstić information content (AvgIpc) is 3.04. The molecule has 0 aromatic heterocycles. The molecule has 0 N–H and O–H groups in total. The number of nitrogens with zero attached hydrogens (tertiary/aromatic N) is 2. The maximum Gasteiger partial charge on any atom is 0.414 e. The highest BCUT2D eigenvalue weighted by Gasteiger charge is 2.62. The van der Waals surface area contributed by atoms with E-state index in [9.17, 15) is 14.4 Å². The van der Waals surface area contributed by atoms with Crippen molar-refractivity contribution in [3.05, 3.63) is 29.8 Å². The Hall–Kier alpha value is -2.57. The first-order valence-corrected chi connectivity index (χ1v) is 10.3. The number of carbonyl (C=O) groups excluding carboxylic acids is 3. The number of Topliss-reactive ketones (excluding diaryl/α,β-unsaturated/α-hetero) is 1. The number of likely N-dealkylation sites (tertiary alicyclic amines) is 1. The highest BCUT2D eigenvalue weighted by molar-refractivity contribution is 5.89. The first-order valence-electron chi connectivity index (χ1n) is 10.3. The second kappa shape index (κ2) is 7.35. The summed E-state index contributed by atoms with van der Waals surface area (Å²) in [5, 5.41) is 0. The summed E-state index contributed by atoms with van der Waals surface area (Å²) >= 11 is 0. The van der Waals surface area contributed by atoms with Crippen LogP contribution in [0.3, 0.4) is 0 Å². The molecule has 0 bridgehead atoms. The van der Waals surface area contributed by atoms with E-state index in [2.05, 4.69) is 12.1 Å². The third-order valence-electron chi connectivity index (χ3n) is 6.19. The molecule has 1 aromatic carbocycles. The minimum Gasteiger partial charge on any atom is -0.447 e. The smallest absolute Gasteiger partial charge is 0.414 e. The van der Waals surface area contributed by atoms with Crippen molar-refractivity contribution >= 4 is 23.7 Å². The fourth-order valence-electron chi connectivity index (χ4n) is 4.57. The summed E-state index contributed by atoms with van der Waals surface area (Å²) in [7, 11) is 0. The zero-order valence-electron chi connectivity index (χ0n) is 17.2. The molecule has 2 saturated heterocycles. The molecule has 0 spiro atoms. The van der Waals surface area contributed by atoms with Crippen LogP contribution in [0.1, 0.15) is 45.6 Å². The van der Waals surface area contributed by atoms with Gasteiger partial charge in [0.1, 0.15) is 11.9 Å². The zero-order valence-corrected chi connectivity index (χ0v) is 17.2. The average molecular weight is 400 g/mol. The summed E-state index contributed by atoms with van der Waals surface area (Å²) in [5.41, 5.74) is 2.02. The molecule has 3 fully saturated rings. The molecule has 3 atom stereocenters. The van der Waals surface area contributed by atoms with Crippen molar-refractivity contribution in [2.24, 2.45) is 5.92 Å². The van der Waals surface area contributed by atoms with Gasteiger partial charge in [0, 0.05) is 30.6 Å². The standard InChI is InChI=1S/C22H28N2O5/c1-14(2)28-20(26)23-11-17-10-22(17,13-23)16-5-7-18(8-6-16)24-12-19(29-21(24)27)9-4-15(3)25/h5-8,14,17,19H,4,9-13H2,1-3H3/t17?,19-,22?/m0/s1. The quantitative estimate of drug-likeness (QED) is 0.731. The lowest BCUT2D eigenvalue weighted by Crippen LogP contribution is -2.34. The summed E-state index contributed by atoms with van der Waals surface area (Å²) in [5.74, 6) is 0.575. The molecule has 7 nitrogen and oxygen atoms in total. The van der Waals surface area contributed by atoms with Gasteiger partial charge in [-0.3, -0.25) is 4.90 Å². The number of piperidine rings is 1. The van der Waals surface area contributed by atoms with E-state index >= 15 is 0 Å². The maximum absolute atomic E-state index is 12.2. The molecule has 2 aliphatic heterocycles. The van der Waals surface area contributed by atoms with Crippen LogP contribution in [0.5, 0.6) is 0 Å². The van der Waals surface area contributed by atoms with Gasteiger partial charge < -0.3 is 19.2 Å². The Balaban J connectivity index is 1.40. The van der Waals surface area contributed by atoms with Crippen LogP contribution in [0.25, 0.3) is 0 Å². The number of fused-ring (bicyclic) bond motifs is 1. The lowest BCUT2D eigenvalue weighted by atomic mass is 9.95. The Bertz CT molecular complexity index is 821. The lowest BCUT2D eigenvalue weighted by molar-refractivity contribution is -0.117. The number of carbonyl (C=O) groups is 3. The number of benzene rings is 1. The third kappa shape index (κ3) is 3.82. The van der Waals surface area contributed by atoms with Gasteiger partial charge in [0.05, 0.1) is 12.6 Å². The van der Waals surface area contributed by atoms with Crippen molar-refractivity contribution in [3.8, 4) is 0 Å². The second-order valence-corrected chi connectivity index (χ2v) is 8.77. The number of hydrogen-bond acceptors (Lipinski definition) is 5. The predicted molar refractivity (Wildman–Crippen MR) is 107 cm³/mol. The summed E-state index contributed by atoms with van der Waals surface area (Å²) < 4.78 is 10.7. The predicted octanol–water partition coefficient (Wildman–Crippen LogP) is 3.50. The van der Waals surface area contributed by atoms with Crippen molar-refractivity contribution in [2.75, 3.05) is 24.5 Å². The van der Waals surface area contributed by atoms with Crippen molar-refractivity contribution in [1.29, 1.82) is 0 Å². The first kappa shape index (κ1) is 19.7. The molecule has 3 aliphatic rings. The number of amides is 2. The molecular formula is C22H28N2O5. The Morgan fingerprint density at radius 3 is 2.62 bits per heavy atom. The summed E-state index contributed by atoms with van der Waals surface area (Å²) in [6.45, 7) is 7.15. The number of cyclic esters (lactones) is 1. The number of hydrogen-bond donors (Lipinski definition) is 0. The summed E-state index contributed by atoms with van der Waals surface area (Å²) in [4.78, 5) is 39.0. The zero-order chi connectivity index (χ0) is 20.8. The second-order valence-electron chi connectivity index (χ2n) is 8.77. The van der Waals surface area contributed by atoms with E-state index in [4.69, 9.17) is 9.47 Å². The SMILES string of the molecule is CC(=O)CC[C@H]1CN(c2ccc(C34CC3CN(C(=O)OC(C)C)C4)cc2)C(=O)O1. The van der Waals surface area contributed by atoms with E-state index in [0.29, 0.717) is 31.8 Å². The molecule has 156 valence electrons. The van der Waals surface area contributed by atoms with Gasteiger partial charge in [-0.25, -0.2) is 9.59 Å². The van der Waals surface area contributed by atoms with E-state index in [1.165, 1.54) is 5.56 Å². The van der Waals surface area contributed by atoms with Crippen LogP contribution in [0, 0.1) is 5.92 Å². The molecule has 2 amide bonds. The van der Waals surface area contributed by atoms with Crippen molar-refractivity contribution in [3.63, 3.8) is 0 Å². The van der Waals surface area contributed by atoms with Gasteiger partial charge in [-0.1, -0.05) is 12.1 Å². The Labute approximate surface area is 170 Å². The molecular weight excluding hydrogens is 372 g/mol. The van der Waals surface area contributed by atoms with E-state index in [0.717, 1.165) is 18.7 Å². The van der Waals surface area contributed by atoms with Crippen molar-refractivity contribution in [1.82, 2.24) is 4.90 Å². The van der Waals surface area contributed by atoms with E-state index in [-0.39, 0.29) is 35.6 Å². The van der Waals surface area contributed by atoms with E-state index in [1.54, 1.807) is 16.7 Å². The summed E-state index contributed by atoms with van der Waals surface area (Å²) in [6.07, 6.45) is 1.10. The molecule has 29 heavy (non-hydrogen) atoms. The van der Waals surface area contributed by atoms with Gasteiger partial charge >= 0.3 is 12.2 Å². The van der Waals surface area contributed by atoms with Crippen molar-refractivity contribution in [2.45, 2.75) is 57.7 Å². The Morgan fingerprint density at radius 2 is 1.97 bits per heavy atom. The minimum absolute atomic E-state index is 0.0179. The van der Waals surface area contributed by atoms with Crippen LogP contribution in [0.15, 0.2) is 24.3 Å². The fourth-order valence-corrected chi connectivity index (χ4v) is 4.57. The van der Waals surface area contributed by atoms with Gasteiger partial charge in [0.2, 0.25) is 0 Å². The van der Waals surface area contributed by atoms with Gasteiger partial charge in [0.25, 0.3) is 0 Å². The van der Waals surface area contributed by atoms with Gasteiger partial charge in [-0.05, 0) is 57.2 Å².